The molecule has 0 spiro atoms. The molecule has 1 heterocycles. The Balaban J connectivity index is 0.000000845. The van der Waals surface area contributed by atoms with Crippen molar-refractivity contribution in [1.82, 2.24) is 10.2 Å². The zero-order valence-electron chi connectivity index (χ0n) is 8.62. The summed E-state index contributed by atoms with van der Waals surface area (Å²) in [7, 11) is 2.08. The monoisotopic (exact) mass is 242 g/mol. The molecule has 2 aliphatic rings. The zero-order chi connectivity index (χ0) is 8.44. The first kappa shape index (κ1) is 14.5. The lowest BCUT2D eigenvalue weighted by molar-refractivity contribution is 0.0324. The molecule has 2 rings (SSSR count). The summed E-state index contributed by atoms with van der Waals surface area (Å²) in [4.78, 5) is 2.51. The molecule has 5 heteroatoms. The third-order valence-corrected chi connectivity index (χ3v) is 3.01. The fourth-order valence-corrected chi connectivity index (χ4v) is 1.83. The van der Waals surface area contributed by atoms with Crippen molar-refractivity contribution in [2.75, 3.05) is 39.9 Å². The van der Waals surface area contributed by atoms with Crippen molar-refractivity contribution >= 4 is 24.8 Å². The Hall–Kier alpha value is 0.460. The lowest BCUT2D eigenvalue weighted by Crippen LogP contribution is -2.46. The summed E-state index contributed by atoms with van der Waals surface area (Å²) in [6, 6.07) is 0. The Kier molecular flexibility index (Phi) is 6.33. The van der Waals surface area contributed by atoms with E-state index in [-0.39, 0.29) is 24.8 Å². The molecule has 0 bridgehead atoms. The van der Waals surface area contributed by atoms with Crippen LogP contribution in [0, 0.1) is 0 Å². The summed E-state index contributed by atoms with van der Waals surface area (Å²) in [5.41, 5.74) is 0.470. The van der Waals surface area contributed by atoms with E-state index in [1.54, 1.807) is 0 Å². The largest absolute Gasteiger partial charge is 0.379 e. The summed E-state index contributed by atoms with van der Waals surface area (Å²) in [5, 5.41) is 3.42. The maximum Gasteiger partial charge on any atom is 0.0594 e. The van der Waals surface area contributed by atoms with Gasteiger partial charge in [0.25, 0.3) is 0 Å². The molecule has 1 saturated heterocycles. The van der Waals surface area contributed by atoms with E-state index in [1.807, 2.05) is 0 Å². The minimum Gasteiger partial charge on any atom is -0.379 e. The summed E-state index contributed by atoms with van der Waals surface area (Å²) >= 11 is 0. The van der Waals surface area contributed by atoms with Crippen LogP contribution in [0.5, 0.6) is 0 Å². The summed E-state index contributed by atoms with van der Waals surface area (Å²) in [5.74, 6) is 0. The average Bonchev–Trinajstić information content (AvgIpc) is 2.88. The second-order valence-corrected chi connectivity index (χ2v) is 3.92. The van der Waals surface area contributed by atoms with Crippen molar-refractivity contribution in [3.8, 4) is 0 Å². The maximum atomic E-state index is 5.31. The van der Waals surface area contributed by atoms with E-state index in [9.17, 15) is 0 Å². The smallest absolute Gasteiger partial charge is 0.0594 e. The van der Waals surface area contributed by atoms with E-state index in [0.717, 1.165) is 26.3 Å². The minimum atomic E-state index is 0. The molecule has 0 atom stereocenters. The second-order valence-electron chi connectivity index (χ2n) is 3.92. The molecular weight excluding hydrogens is 223 g/mol. The summed E-state index contributed by atoms with van der Waals surface area (Å²) in [6.45, 7) is 5.28. The van der Waals surface area contributed by atoms with E-state index >= 15 is 0 Å². The highest BCUT2D eigenvalue weighted by atomic mass is 35.5. The van der Waals surface area contributed by atoms with Crippen molar-refractivity contribution < 1.29 is 4.74 Å². The molecule has 0 amide bonds. The highest BCUT2D eigenvalue weighted by Gasteiger charge is 2.42. The molecule has 1 saturated carbocycles. The molecular formula is C9H20Cl2N2O. The van der Waals surface area contributed by atoms with Gasteiger partial charge in [0.15, 0.2) is 0 Å². The third kappa shape index (κ3) is 3.55. The van der Waals surface area contributed by atoms with Crippen LogP contribution in [0.25, 0.3) is 0 Å². The van der Waals surface area contributed by atoms with Crippen LogP contribution in [0.1, 0.15) is 12.8 Å². The van der Waals surface area contributed by atoms with E-state index < -0.39 is 0 Å². The molecule has 86 valence electrons. The molecule has 0 aromatic heterocycles. The van der Waals surface area contributed by atoms with Gasteiger partial charge in [-0.05, 0) is 19.9 Å². The van der Waals surface area contributed by atoms with Gasteiger partial charge in [0.05, 0.1) is 13.2 Å². The first-order chi connectivity index (χ1) is 5.85. The number of likely N-dealkylation sites (N-methyl/N-ethyl adjacent to an activating group) is 1. The zero-order valence-corrected chi connectivity index (χ0v) is 10.3. The molecule has 14 heavy (non-hydrogen) atoms. The lowest BCUT2D eigenvalue weighted by Gasteiger charge is -2.30. The Morgan fingerprint density at radius 1 is 1.21 bits per heavy atom. The van der Waals surface area contributed by atoms with Crippen LogP contribution in [-0.2, 0) is 4.74 Å². The first-order valence-electron chi connectivity index (χ1n) is 4.84. The van der Waals surface area contributed by atoms with E-state index in [2.05, 4.69) is 17.3 Å². The van der Waals surface area contributed by atoms with Crippen molar-refractivity contribution in [3.63, 3.8) is 0 Å². The van der Waals surface area contributed by atoms with Gasteiger partial charge in [-0.15, -0.1) is 24.8 Å². The Bertz CT molecular complexity index is 159. The number of nitrogens with zero attached hydrogens (tertiary/aromatic N) is 1. The van der Waals surface area contributed by atoms with Gasteiger partial charge in [-0.25, -0.2) is 0 Å². The number of nitrogens with one attached hydrogen (secondary N) is 1. The number of hydrogen-bond donors (Lipinski definition) is 1. The maximum absolute atomic E-state index is 5.31. The molecule has 0 aromatic rings. The SMILES string of the molecule is CNC1(CN2CCOCC2)CC1.Cl.Cl. The first-order valence-corrected chi connectivity index (χ1v) is 4.84. The number of rotatable bonds is 3. The fraction of sp³-hybridized carbons (Fsp3) is 1.00. The predicted octanol–water partition coefficient (Wildman–Crippen LogP) is 0.914. The van der Waals surface area contributed by atoms with Crippen LogP contribution in [0.4, 0.5) is 0 Å². The average molecular weight is 243 g/mol. The molecule has 1 aliphatic carbocycles. The van der Waals surface area contributed by atoms with Crippen LogP contribution >= 0.6 is 24.8 Å². The van der Waals surface area contributed by atoms with Gasteiger partial charge in [-0.1, -0.05) is 0 Å². The van der Waals surface area contributed by atoms with Gasteiger partial charge in [-0.2, -0.15) is 0 Å². The number of morpholine rings is 1. The van der Waals surface area contributed by atoms with Crippen LogP contribution in [-0.4, -0.2) is 50.3 Å². The number of halogens is 2. The van der Waals surface area contributed by atoms with Gasteiger partial charge in [0.2, 0.25) is 0 Å². The number of ether oxygens (including phenoxy) is 1. The Morgan fingerprint density at radius 3 is 2.21 bits per heavy atom. The topological polar surface area (TPSA) is 24.5 Å². The van der Waals surface area contributed by atoms with E-state index in [1.165, 1.54) is 19.4 Å². The van der Waals surface area contributed by atoms with Crippen molar-refractivity contribution in [2.45, 2.75) is 18.4 Å². The molecule has 1 aliphatic heterocycles. The van der Waals surface area contributed by atoms with Crippen LogP contribution < -0.4 is 5.32 Å². The quantitative estimate of drug-likeness (QED) is 0.797. The summed E-state index contributed by atoms with van der Waals surface area (Å²) < 4.78 is 5.31. The normalized spacial score (nSPS) is 24.6. The lowest BCUT2D eigenvalue weighted by atomic mass is 10.2. The van der Waals surface area contributed by atoms with Gasteiger partial charge in [-0.3, -0.25) is 4.90 Å². The van der Waals surface area contributed by atoms with Gasteiger partial charge < -0.3 is 10.1 Å². The molecule has 0 unspecified atom stereocenters. The van der Waals surface area contributed by atoms with Gasteiger partial charge in [0.1, 0.15) is 0 Å². The fourth-order valence-electron chi connectivity index (χ4n) is 1.83. The number of hydrogen-bond acceptors (Lipinski definition) is 3. The highest BCUT2D eigenvalue weighted by molar-refractivity contribution is 5.85. The van der Waals surface area contributed by atoms with Crippen molar-refractivity contribution in [3.05, 3.63) is 0 Å². The molecule has 3 nitrogen and oxygen atoms in total. The molecule has 1 N–H and O–H groups in total. The van der Waals surface area contributed by atoms with Crippen molar-refractivity contribution in [2.24, 2.45) is 0 Å². The highest BCUT2D eigenvalue weighted by Crippen LogP contribution is 2.35. The standard InChI is InChI=1S/C9H18N2O.2ClH/c1-10-9(2-3-9)8-11-4-6-12-7-5-11;;/h10H,2-8H2,1H3;2*1H. The second kappa shape index (κ2) is 6.13. The van der Waals surface area contributed by atoms with Gasteiger partial charge >= 0.3 is 0 Å². The van der Waals surface area contributed by atoms with Crippen LogP contribution in [0.15, 0.2) is 0 Å². The van der Waals surface area contributed by atoms with E-state index in [4.69, 9.17) is 4.74 Å². The predicted molar refractivity (Wildman–Crippen MR) is 62.8 cm³/mol. The Labute approximate surface area is 98.4 Å². The Morgan fingerprint density at radius 2 is 1.79 bits per heavy atom. The molecule has 0 aromatic carbocycles. The van der Waals surface area contributed by atoms with Crippen molar-refractivity contribution in [1.29, 1.82) is 0 Å². The van der Waals surface area contributed by atoms with E-state index in [0.29, 0.717) is 5.54 Å². The third-order valence-electron chi connectivity index (χ3n) is 3.01. The minimum absolute atomic E-state index is 0. The van der Waals surface area contributed by atoms with Crippen LogP contribution in [0.3, 0.4) is 0 Å². The van der Waals surface area contributed by atoms with Crippen LogP contribution in [0.2, 0.25) is 0 Å². The molecule has 0 radical (unpaired) electrons. The summed E-state index contributed by atoms with van der Waals surface area (Å²) in [6.07, 6.45) is 2.70. The van der Waals surface area contributed by atoms with Gasteiger partial charge in [0, 0.05) is 25.2 Å². The molecule has 2 fully saturated rings.